The van der Waals surface area contributed by atoms with E-state index in [0.29, 0.717) is 5.69 Å². The van der Waals surface area contributed by atoms with Gasteiger partial charge >= 0.3 is 0 Å². The topological polar surface area (TPSA) is 66.0 Å². The van der Waals surface area contributed by atoms with Crippen molar-refractivity contribution in [3.8, 4) is 17.2 Å². The van der Waals surface area contributed by atoms with Gasteiger partial charge in [-0.25, -0.2) is 4.98 Å². The molecule has 0 amide bonds. The summed E-state index contributed by atoms with van der Waals surface area (Å²) in [6.45, 7) is 7.85. The van der Waals surface area contributed by atoms with Crippen molar-refractivity contribution in [3.63, 3.8) is 0 Å². The van der Waals surface area contributed by atoms with Crippen LogP contribution in [0.1, 0.15) is 28.3 Å². The van der Waals surface area contributed by atoms with Gasteiger partial charge in [0.1, 0.15) is 17.5 Å². The Bertz CT molecular complexity index is 962. The third-order valence-corrected chi connectivity index (χ3v) is 4.45. The Hall–Kier alpha value is -3.13. The molecule has 0 aliphatic carbocycles. The highest BCUT2D eigenvalue weighted by molar-refractivity contribution is 5.76. The standard InChI is InChI=1S/C20H20N4O/c1-12-6-7-16(20-14(3)23-25-15(20)4)9-19(12)24(5)17-8-13(2)18(10-21)22-11-17/h6-9,11H,1-5H3. The Labute approximate surface area is 147 Å². The Kier molecular flexibility index (Phi) is 4.28. The first-order valence-corrected chi connectivity index (χ1v) is 8.06. The van der Waals surface area contributed by atoms with Gasteiger partial charge < -0.3 is 9.42 Å². The monoisotopic (exact) mass is 332 g/mol. The molecule has 0 fully saturated rings. The largest absolute Gasteiger partial charge is 0.361 e. The number of aromatic nitrogens is 2. The fourth-order valence-corrected chi connectivity index (χ4v) is 3.02. The molecule has 0 radical (unpaired) electrons. The number of hydrogen-bond acceptors (Lipinski definition) is 5. The van der Waals surface area contributed by atoms with Crippen LogP contribution in [0.3, 0.4) is 0 Å². The third-order valence-electron chi connectivity index (χ3n) is 4.45. The van der Waals surface area contributed by atoms with Crippen molar-refractivity contribution in [2.45, 2.75) is 27.7 Å². The molecule has 2 heterocycles. The maximum absolute atomic E-state index is 9.06. The molecule has 0 atom stereocenters. The first kappa shape index (κ1) is 16.7. The zero-order chi connectivity index (χ0) is 18.1. The lowest BCUT2D eigenvalue weighted by Crippen LogP contribution is -2.12. The molecule has 2 aromatic heterocycles. The molecular weight excluding hydrogens is 312 g/mol. The normalized spacial score (nSPS) is 10.6. The van der Waals surface area contributed by atoms with Gasteiger partial charge in [0.2, 0.25) is 0 Å². The van der Waals surface area contributed by atoms with Crippen molar-refractivity contribution in [1.82, 2.24) is 10.1 Å². The third kappa shape index (κ3) is 2.99. The first-order chi connectivity index (χ1) is 11.9. The lowest BCUT2D eigenvalue weighted by molar-refractivity contribution is 0.393. The molecule has 0 N–H and O–H groups in total. The number of hydrogen-bond donors (Lipinski definition) is 0. The summed E-state index contributed by atoms with van der Waals surface area (Å²) in [7, 11) is 2.00. The van der Waals surface area contributed by atoms with Gasteiger partial charge in [-0.2, -0.15) is 5.26 Å². The number of nitriles is 1. The molecule has 0 bridgehead atoms. The van der Waals surface area contributed by atoms with Gasteiger partial charge in [-0.05, 0) is 56.5 Å². The summed E-state index contributed by atoms with van der Waals surface area (Å²) in [6.07, 6.45) is 1.73. The molecule has 5 heteroatoms. The van der Waals surface area contributed by atoms with Crippen molar-refractivity contribution in [2.24, 2.45) is 0 Å². The molecule has 0 saturated carbocycles. The van der Waals surface area contributed by atoms with E-state index in [1.54, 1.807) is 6.20 Å². The molecule has 3 aromatic rings. The predicted molar refractivity (Wildman–Crippen MR) is 97.9 cm³/mol. The zero-order valence-electron chi connectivity index (χ0n) is 15.1. The van der Waals surface area contributed by atoms with E-state index in [1.807, 2.05) is 33.9 Å². The summed E-state index contributed by atoms with van der Waals surface area (Å²) in [6, 6.07) is 10.4. The molecule has 3 rings (SSSR count). The fraction of sp³-hybridized carbons (Fsp3) is 0.250. The minimum Gasteiger partial charge on any atom is -0.361 e. The maximum Gasteiger partial charge on any atom is 0.143 e. The Morgan fingerprint density at radius 3 is 2.44 bits per heavy atom. The molecule has 5 nitrogen and oxygen atoms in total. The van der Waals surface area contributed by atoms with Crippen LogP contribution in [0.15, 0.2) is 35.0 Å². The molecular formula is C20H20N4O. The van der Waals surface area contributed by atoms with E-state index in [0.717, 1.165) is 45.1 Å². The Morgan fingerprint density at radius 2 is 1.84 bits per heavy atom. The van der Waals surface area contributed by atoms with Crippen molar-refractivity contribution in [3.05, 3.63) is 58.7 Å². The average molecular weight is 332 g/mol. The van der Waals surface area contributed by atoms with Crippen molar-refractivity contribution in [2.75, 3.05) is 11.9 Å². The summed E-state index contributed by atoms with van der Waals surface area (Å²) >= 11 is 0. The van der Waals surface area contributed by atoms with Gasteiger partial charge in [0.25, 0.3) is 0 Å². The van der Waals surface area contributed by atoms with E-state index < -0.39 is 0 Å². The molecule has 1 aromatic carbocycles. The summed E-state index contributed by atoms with van der Waals surface area (Å²) in [4.78, 5) is 6.33. The van der Waals surface area contributed by atoms with Crippen molar-refractivity contribution < 1.29 is 4.52 Å². The summed E-state index contributed by atoms with van der Waals surface area (Å²) in [5.41, 5.74) is 7.47. The van der Waals surface area contributed by atoms with Gasteiger partial charge in [0.05, 0.1) is 17.6 Å². The van der Waals surface area contributed by atoms with E-state index in [4.69, 9.17) is 9.78 Å². The van der Waals surface area contributed by atoms with Crippen LogP contribution < -0.4 is 4.90 Å². The van der Waals surface area contributed by atoms with E-state index in [2.05, 4.69) is 46.2 Å². The number of nitrogens with zero attached hydrogens (tertiary/aromatic N) is 4. The predicted octanol–water partition coefficient (Wildman–Crippen LogP) is 4.61. The summed E-state index contributed by atoms with van der Waals surface area (Å²) < 4.78 is 5.30. The van der Waals surface area contributed by atoms with E-state index >= 15 is 0 Å². The second-order valence-corrected chi connectivity index (χ2v) is 6.23. The van der Waals surface area contributed by atoms with Crippen LogP contribution >= 0.6 is 0 Å². The Morgan fingerprint density at radius 1 is 1.08 bits per heavy atom. The molecule has 25 heavy (non-hydrogen) atoms. The lowest BCUT2D eigenvalue weighted by Gasteiger charge is -2.22. The van der Waals surface area contributed by atoms with Gasteiger partial charge in [-0.15, -0.1) is 0 Å². The van der Waals surface area contributed by atoms with Crippen LogP contribution in [-0.4, -0.2) is 17.2 Å². The van der Waals surface area contributed by atoms with Gasteiger partial charge in [0.15, 0.2) is 0 Å². The minimum atomic E-state index is 0.457. The molecule has 0 spiro atoms. The number of anilines is 2. The number of aryl methyl sites for hydroxylation is 4. The number of benzene rings is 1. The first-order valence-electron chi connectivity index (χ1n) is 8.06. The number of pyridine rings is 1. The SMILES string of the molecule is Cc1ccc(-c2c(C)noc2C)cc1N(C)c1cnc(C#N)c(C)c1. The highest BCUT2D eigenvalue weighted by atomic mass is 16.5. The second-order valence-electron chi connectivity index (χ2n) is 6.23. The molecule has 0 aliphatic heterocycles. The van der Waals surface area contributed by atoms with Gasteiger partial charge in [-0.1, -0.05) is 17.3 Å². The van der Waals surface area contributed by atoms with E-state index in [-0.39, 0.29) is 0 Å². The van der Waals surface area contributed by atoms with Crippen LogP contribution in [-0.2, 0) is 0 Å². The van der Waals surface area contributed by atoms with E-state index in [1.165, 1.54) is 0 Å². The van der Waals surface area contributed by atoms with Crippen molar-refractivity contribution >= 4 is 11.4 Å². The summed E-state index contributed by atoms with van der Waals surface area (Å²) in [5, 5.41) is 13.1. The quantitative estimate of drug-likeness (QED) is 0.700. The van der Waals surface area contributed by atoms with Crippen LogP contribution in [0.2, 0.25) is 0 Å². The number of rotatable bonds is 3. The molecule has 0 saturated heterocycles. The Balaban J connectivity index is 2.06. The second kappa shape index (κ2) is 6.40. The van der Waals surface area contributed by atoms with Crippen LogP contribution in [0.4, 0.5) is 11.4 Å². The van der Waals surface area contributed by atoms with Crippen LogP contribution in [0.5, 0.6) is 0 Å². The fourth-order valence-electron chi connectivity index (χ4n) is 3.02. The lowest BCUT2D eigenvalue weighted by atomic mass is 10.0. The zero-order valence-corrected chi connectivity index (χ0v) is 15.1. The highest BCUT2D eigenvalue weighted by Crippen LogP contribution is 2.34. The van der Waals surface area contributed by atoms with Crippen LogP contribution in [0.25, 0.3) is 11.1 Å². The van der Waals surface area contributed by atoms with Crippen molar-refractivity contribution in [1.29, 1.82) is 5.26 Å². The molecule has 126 valence electrons. The average Bonchev–Trinajstić information content (AvgIpc) is 2.93. The highest BCUT2D eigenvalue weighted by Gasteiger charge is 2.15. The van der Waals surface area contributed by atoms with E-state index in [9.17, 15) is 0 Å². The maximum atomic E-state index is 9.06. The summed E-state index contributed by atoms with van der Waals surface area (Å²) in [5.74, 6) is 0.811. The molecule has 0 aliphatic rings. The van der Waals surface area contributed by atoms with Crippen LogP contribution in [0, 0.1) is 39.0 Å². The van der Waals surface area contributed by atoms with Gasteiger partial charge in [0, 0.05) is 18.3 Å². The van der Waals surface area contributed by atoms with Gasteiger partial charge in [-0.3, -0.25) is 0 Å². The smallest absolute Gasteiger partial charge is 0.143 e. The molecule has 0 unspecified atom stereocenters. The minimum absolute atomic E-state index is 0.457.